The molecular weight excluding hydrogens is 634 g/mol. The minimum atomic E-state index is -1.55. The topological polar surface area (TPSA) is 149 Å². The molecule has 0 saturated carbocycles. The van der Waals surface area contributed by atoms with Gasteiger partial charge in [0.25, 0.3) is 0 Å². The van der Waals surface area contributed by atoms with Crippen molar-refractivity contribution in [2.45, 2.75) is 192 Å². The first-order valence-corrected chi connectivity index (χ1v) is 19.8. The molecule has 1 aliphatic rings. The molecule has 1 rings (SSSR count). The second-order valence-corrected chi connectivity index (χ2v) is 13.7. The van der Waals surface area contributed by atoms with Gasteiger partial charge in [0.1, 0.15) is 24.4 Å². The fraction of sp³-hybridized carbons (Fsp3) is 0.780. The first kappa shape index (κ1) is 46.2. The predicted molar refractivity (Wildman–Crippen MR) is 203 cm³/mol. The lowest BCUT2D eigenvalue weighted by Gasteiger charge is -2.40. The molecule has 1 aliphatic heterocycles. The Balaban J connectivity index is 2.18. The number of nitrogens with one attached hydrogen (secondary N) is 1. The maximum absolute atomic E-state index is 12.8. The van der Waals surface area contributed by atoms with E-state index in [-0.39, 0.29) is 12.5 Å². The fourth-order valence-electron chi connectivity index (χ4n) is 5.97. The lowest BCUT2D eigenvalue weighted by Crippen LogP contribution is -2.60. The lowest BCUT2D eigenvalue weighted by molar-refractivity contribution is -0.302. The van der Waals surface area contributed by atoms with Crippen LogP contribution in [0.5, 0.6) is 0 Å². The first-order chi connectivity index (χ1) is 24.3. The zero-order valence-electron chi connectivity index (χ0n) is 31.4. The first-order valence-electron chi connectivity index (χ1n) is 19.8. The van der Waals surface area contributed by atoms with Crippen LogP contribution in [0.1, 0.15) is 149 Å². The Morgan fingerprint density at radius 1 is 0.700 bits per heavy atom. The third-order valence-corrected chi connectivity index (χ3v) is 9.20. The van der Waals surface area contributed by atoms with E-state index in [1.807, 2.05) is 0 Å². The van der Waals surface area contributed by atoms with Gasteiger partial charge in [-0.3, -0.25) is 4.79 Å². The van der Waals surface area contributed by atoms with Gasteiger partial charge >= 0.3 is 0 Å². The molecule has 0 bridgehead atoms. The predicted octanol–water partition coefficient (Wildman–Crippen LogP) is 7.11. The van der Waals surface area contributed by atoms with Crippen LogP contribution in [-0.2, 0) is 14.3 Å². The molecule has 9 nitrogen and oxygen atoms in total. The van der Waals surface area contributed by atoms with E-state index in [9.17, 15) is 30.3 Å². The summed E-state index contributed by atoms with van der Waals surface area (Å²) in [5, 5.41) is 53.6. The van der Waals surface area contributed by atoms with Crippen molar-refractivity contribution in [2.24, 2.45) is 0 Å². The Hall–Kier alpha value is -1.85. The number of hydrogen-bond acceptors (Lipinski definition) is 8. The Morgan fingerprint density at radius 3 is 1.82 bits per heavy atom. The van der Waals surface area contributed by atoms with Crippen LogP contribution in [0.25, 0.3) is 0 Å². The Morgan fingerprint density at radius 2 is 1.24 bits per heavy atom. The van der Waals surface area contributed by atoms with Crippen LogP contribution < -0.4 is 5.32 Å². The highest BCUT2D eigenvalue weighted by atomic mass is 16.7. The molecule has 1 amide bonds. The van der Waals surface area contributed by atoms with E-state index >= 15 is 0 Å². The molecule has 1 heterocycles. The van der Waals surface area contributed by atoms with Crippen molar-refractivity contribution in [3.05, 3.63) is 48.6 Å². The number of ether oxygens (including phenoxy) is 2. The summed E-state index contributed by atoms with van der Waals surface area (Å²) < 4.78 is 11.1. The summed E-state index contributed by atoms with van der Waals surface area (Å²) in [5.74, 6) is -0.162. The van der Waals surface area contributed by atoms with Gasteiger partial charge in [0.05, 0.1) is 25.4 Å². The second kappa shape index (κ2) is 31.9. The summed E-state index contributed by atoms with van der Waals surface area (Å²) in [6.45, 7) is 3.57. The van der Waals surface area contributed by atoms with Gasteiger partial charge in [0.15, 0.2) is 6.29 Å². The quantitative estimate of drug-likeness (QED) is 0.0330. The van der Waals surface area contributed by atoms with Gasteiger partial charge in [-0.2, -0.15) is 0 Å². The Kier molecular flexibility index (Phi) is 29.4. The summed E-state index contributed by atoms with van der Waals surface area (Å²) in [5.41, 5.74) is 0. The van der Waals surface area contributed by atoms with E-state index in [4.69, 9.17) is 9.47 Å². The van der Waals surface area contributed by atoms with Gasteiger partial charge in [-0.15, -0.1) is 0 Å². The van der Waals surface area contributed by atoms with E-state index in [0.29, 0.717) is 12.8 Å². The number of rotatable bonds is 31. The average molecular weight is 708 g/mol. The van der Waals surface area contributed by atoms with Crippen LogP contribution in [0.2, 0.25) is 0 Å². The molecule has 9 heteroatoms. The van der Waals surface area contributed by atoms with Crippen molar-refractivity contribution in [3.8, 4) is 0 Å². The third kappa shape index (κ3) is 22.9. The molecule has 0 spiro atoms. The molecule has 50 heavy (non-hydrogen) atoms. The number of aliphatic hydroxyl groups excluding tert-OH is 5. The molecule has 0 radical (unpaired) electrons. The highest BCUT2D eigenvalue weighted by molar-refractivity contribution is 5.76. The van der Waals surface area contributed by atoms with Crippen molar-refractivity contribution < 1.29 is 39.8 Å². The summed E-state index contributed by atoms with van der Waals surface area (Å²) in [4.78, 5) is 12.8. The van der Waals surface area contributed by atoms with Crippen LogP contribution in [-0.4, -0.2) is 87.5 Å². The molecule has 7 unspecified atom stereocenters. The maximum atomic E-state index is 12.8. The smallest absolute Gasteiger partial charge is 0.220 e. The number of unbranched alkanes of at least 4 members (excludes halogenated alkanes) is 13. The number of amides is 1. The number of carbonyl (C=O) groups excluding carboxylic acids is 1. The Bertz CT molecular complexity index is 920. The standard InChI is InChI=1S/C41H73NO8/c1-3-5-7-9-10-11-12-13-14-15-16-17-18-19-20-21-22-23-24-25-26-27-29-31-37(45)42-34(35(44)30-28-8-6-4-2)33-49-41-40(48)39(47)38(46)36(32-43)50-41/h5,7,10-11,13-14,16-17,34-36,38-41,43-44,46-48H,3-4,6,8-9,12,15,18-33H2,1-2H3,(H,42,45)/b7-5-,11-10-,14-13-,17-16-. The van der Waals surface area contributed by atoms with Crippen LogP contribution in [0, 0.1) is 0 Å². The molecule has 0 aromatic carbocycles. The van der Waals surface area contributed by atoms with Gasteiger partial charge < -0.3 is 40.3 Å². The van der Waals surface area contributed by atoms with Crippen molar-refractivity contribution in [3.63, 3.8) is 0 Å². The fourth-order valence-corrected chi connectivity index (χ4v) is 5.97. The van der Waals surface area contributed by atoms with E-state index in [1.54, 1.807) is 0 Å². The molecule has 0 aromatic rings. The van der Waals surface area contributed by atoms with Crippen LogP contribution >= 0.6 is 0 Å². The van der Waals surface area contributed by atoms with Crippen LogP contribution in [0.4, 0.5) is 0 Å². The van der Waals surface area contributed by atoms with E-state index < -0.39 is 49.5 Å². The third-order valence-electron chi connectivity index (χ3n) is 9.20. The van der Waals surface area contributed by atoms with Gasteiger partial charge in [-0.1, -0.05) is 140 Å². The molecule has 1 saturated heterocycles. The van der Waals surface area contributed by atoms with E-state index in [0.717, 1.165) is 77.0 Å². The normalized spacial score (nSPS) is 22.7. The number of aliphatic hydroxyl groups is 5. The molecule has 290 valence electrons. The van der Waals surface area contributed by atoms with Gasteiger partial charge in [0.2, 0.25) is 5.91 Å². The zero-order chi connectivity index (χ0) is 36.7. The minimum Gasteiger partial charge on any atom is -0.394 e. The van der Waals surface area contributed by atoms with Crippen LogP contribution in [0.15, 0.2) is 48.6 Å². The SMILES string of the molecule is CC/C=C\C/C=C\C/C=C\C/C=C\CCCCCCCCCCCCC(=O)NC(COC1OC(CO)C(O)C(O)C1O)C(O)CCCCCC. The Labute approximate surface area is 303 Å². The molecule has 1 fully saturated rings. The number of carbonyl (C=O) groups is 1. The maximum Gasteiger partial charge on any atom is 0.220 e. The van der Waals surface area contributed by atoms with Crippen molar-refractivity contribution >= 4 is 5.91 Å². The molecule has 6 N–H and O–H groups in total. The van der Waals surface area contributed by atoms with E-state index in [2.05, 4.69) is 67.8 Å². The highest BCUT2D eigenvalue weighted by Gasteiger charge is 2.44. The second-order valence-electron chi connectivity index (χ2n) is 13.7. The molecule has 7 atom stereocenters. The van der Waals surface area contributed by atoms with Gasteiger partial charge in [-0.05, 0) is 51.4 Å². The molecule has 0 aliphatic carbocycles. The largest absolute Gasteiger partial charge is 0.394 e. The summed E-state index contributed by atoms with van der Waals surface area (Å²) in [7, 11) is 0. The molecule has 0 aromatic heterocycles. The monoisotopic (exact) mass is 708 g/mol. The van der Waals surface area contributed by atoms with Gasteiger partial charge in [-0.25, -0.2) is 0 Å². The summed E-state index contributed by atoms with van der Waals surface area (Å²) >= 11 is 0. The van der Waals surface area contributed by atoms with Crippen molar-refractivity contribution in [2.75, 3.05) is 13.2 Å². The van der Waals surface area contributed by atoms with Crippen LogP contribution in [0.3, 0.4) is 0 Å². The number of hydrogen-bond donors (Lipinski definition) is 6. The zero-order valence-corrected chi connectivity index (χ0v) is 31.4. The highest BCUT2D eigenvalue weighted by Crippen LogP contribution is 2.23. The minimum absolute atomic E-state index is 0.145. The van der Waals surface area contributed by atoms with Crippen molar-refractivity contribution in [1.82, 2.24) is 5.32 Å². The average Bonchev–Trinajstić information content (AvgIpc) is 3.11. The number of allylic oxidation sites excluding steroid dienone is 8. The summed E-state index contributed by atoms with van der Waals surface area (Å²) in [6, 6.07) is -0.717. The molecular formula is C41H73NO8. The summed E-state index contributed by atoms with van der Waals surface area (Å²) in [6.07, 6.45) is 31.8. The van der Waals surface area contributed by atoms with E-state index in [1.165, 1.54) is 44.9 Å². The van der Waals surface area contributed by atoms with Gasteiger partial charge in [0, 0.05) is 6.42 Å². The van der Waals surface area contributed by atoms with Crippen molar-refractivity contribution in [1.29, 1.82) is 0 Å². The lowest BCUT2D eigenvalue weighted by atomic mass is 9.99.